The van der Waals surface area contributed by atoms with Crippen molar-refractivity contribution in [3.05, 3.63) is 21.9 Å². The van der Waals surface area contributed by atoms with E-state index in [1.165, 1.54) is 29.7 Å². The van der Waals surface area contributed by atoms with Crippen LogP contribution >= 0.6 is 11.3 Å². The van der Waals surface area contributed by atoms with Crippen LogP contribution in [0.4, 0.5) is 0 Å². The Balaban J connectivity index is 3.01. The minimum absolute atomic E-state index is 0.170. The number of hydrogen-bond acceptors (Lipinski definition) is 3. The summed E-state index contributed by atoms with van der Waals surface area (Å²) in [5, 5.41) is 2.19. The molecule has 3 unspecified atom stereocenters. The monoisotopic (exact) mass is 282 g/mol. The van der Waals surface area contributed by atoms with Crippen molar-refractivity contribution in [3.8, 4) is 0 Å². The van der Waals surface area contributed by atoms with Gasteiger partial charge in [-0.2, -0.15) is 0 Å². The van der Waals surface area contributed by atoms with E-state index in [1.807, 2.05) is 11.3 Å². The molecule has 1 heterocycles. The van der Waals surface area contributed by atoms with Crippen molar-refractivity contribution in [1.29, 1.82) is 0 Å². The molecule has 3 heteroatoms. The lowest BCUT2D eigenvalue weighted by Crippen LogP contribution is -2.44. The van der Waals surface area contributed by atoms with Gasteiger partial charge in [-0.15, -0.1) is 11.3 Å². The second-order valence-electron chi connectivity index (χ2n) is 5.62. The predicted molar refractivity (Wildman–Crippen MR) is 86.8 cm³/mol. The van der Waals surface area contributed by atoms with Crippen molar-refractivity contribution in [1.82, 2.24) is 4.90 Å². The third-order valence-electron chi connectivity index (χ3n) is 3.95. The zero-order valence-corrected chi connectivity index (χ0v) is 14.0. The van der Waals surface area contributed by atoms with E-state index >= 15 is 0 Å². The second kappa shape index (κ2) is 8.03. The van der Waals surface area contributed by atoms with Crippen molar-refractivity contribution < 1.29 is 0 Å². The van der Waals surface area contributed by atoms with Crippen molar-refractivity contribution >= 4 is 11.3 Å². The second-order valence-corrected chi connectivity index (χ2v) is 6.57. The number of thiophene rings is 1. The molecule has 0 aromatic carbocycles. The van der Waals surface area contributed by atoms with Crippen LogP contribution in [0, 0.1) is 6.92 Å². The van der Waals surface area contributed by atoms with Gasteiger partial charge in [0.05, 0.1) is 6.04 Å². The highest BCUT2D eigenvalue weighted by Crippen LogP contribution is 2.33. The zero-order chi connectivity index (χ0) is 14.4. The lowest BCUT2D eigenvalue weighted by Gasteiger charge is -2.38. The fraction of sp³-hybridized carbons (Fsp3) is 0.750. The van der Waals surface area contributed by atoms with E-state index < -0.39 is 0 Å². The number of hydrogen-bond donors (Lipinski definition) is 1. The number of unbranched alkanes of at least 4 members (excludes halogenated alkanes) is 1. The molecule has 110 valence electrons. The normalized spacial score (nSPS) is 16.6. The largest absolute Gasteiger partial charge is 0.326 e. The highest BCUT2D eigenvalue weighted by molar-refractivity contribution is 7.10. The van der Waals surface area contributed by atoms with Gasteiger partial charge in [0.2, 0.25) is 0 Å². The molecule has 1 aromatic rings. The summed E-state index contributed by atoms with van der Waals surface area (Å²) >= 11 is 1.85. The fourth-order valence-corrected chi connectivity index (χ4v) is 3.75. The van der Waals surface area contributed by atoms with Gasteiger partial charge in [0.15, 0.2) is 0 Å². The molecule has 0 radical (unpaired) electrons. The summed E-state index contributed by atoms with van der Waals surface area (Å²) in [6, 6.07) is 3.33. The quantitative estimate of drug-likeness (QED) is 0.768. The summed E-state index contributed by atoms with van der Waals surface area (Å²) in [4.78, 5) is 4.07. The van der Waals surface area contributed by atoms with Gasteiger partial charge in [-0.05, 0) is 57.2 Å². The molecule has 1 rings (SSSR count). The molecule has 0 aliphatic heterocycles. The topological polar surface area (TPSA) is 29.3 Å². The first-order chi connectivity index (χ1) is 9.02. The zero-order valence-electron chi connectivity index (χ0n) is 13.1. The summed E-state index contributed by atoms with van der Waals surface area (Å²) in [7, 11) is 0. The Labute approximate surface area is 123 Å². The highest BCUT2D eigenvalue weighted by atomic mass is 32.1. The molecule has 2 N–H and O–H groups in total. The summed E-state index contributed by atoms with van der Waals surface area (Å²) in [6.45, 7) is 12.3. The maximum Gasteiger partial charge on any atom is 0.0595 e. The molecule has 0 aliphatic carbocycles. The Kier molecular flexibility index (Phi) is 7.05. The smallest absolute Gasteiger partial charge is 0.0595 e. The van der Waals surface area contributed by atoms with Crippen LogP contribution in [0.2, 0.25) is 0 Å². The summed E-state index contributed by atoms with van der Waals surface area (Å²) in [6.07, 6.45) is 3.66. The first kappa shape index (κ1) is 16.7. The van der Waals surface area contributed by atoms with E-state index in [0.717, 1.165) is 6.54 Å². The predicted octanol–water partition coefficient (Wildman–Crippen LogP) is 4.35. The van der Waals surface area contributed by atoms with Crippen LogP contribution in [0.25, 0.3) is 0 Å². The maximum absolute atomic E-state index is 6.33. The first-order valence-electron chi connectivity index (χ1n) is 7.58. The van der Waals surface area contributed by atoms with Crippen molar-refractivity contribution in [2.45, 2.75) is 72.0 Å². The molecule has 1 aromatic heterocycles. The maximum atomic E-state index is 6.33. The number of nitrogens with two attached hydrogens (primary N) is 1. The van der Waals surface area contributed by atoms with E-state index in [-0.39, 0.29) is 6.04 Å². The van der Waals surface area contributed by atoms with E-state index in [2.05, 4.69) is 51.0 Å². The number of rotatable bonds is 8. The summed E-state index contributed by atoms with van der Waals surface area (Å²) < 4.78 is 0. The molecule has 0 fully saturated rings. The van der Waals surface area contributed by atoms with Crippen LogP contribution in [0.1, 0.15) is 63.4 Å². The Bertz CT molecular complexity index is 359. The Morgan fingerprint density at radius 2 is 2.00 bits per heavy atom. The van der Waals surface area contributed by atoms with Crippen molar-refractivity contribution in [3.63, 3.8) is 0 Å². The van der Waals surface area contributed by atoms with Gasteiger partial charge in [0, 0.05) is 17.0 Å². The van der Waals surface area contributed by atoms with Gasteiger partial charge in [-0.25, -0.2) is 0 Å². The van der Waals surface area contributed by atoms with Crippen LogP contribution in [0.3, 0.4) is 0 Å². The Hall–Kier alpha value is -0.380. The lowest BCUT2D eigenvalue weighted by molar-refractivity contribution is 0.123. The molecule has 19 heavy (non-hydrogen) atoms. The van der Waals surface area contributed by atoms with Gasteiger partial charge in [0.25, 0.3) is 0 Å². The highest BCUT2D eigenvalue weighted by Gasteiger charge is 2.28. The summed E-state index contributed by atoms with van der Waals surface area (Å²) in [5.41, 5.74) is 7.71. The number of aryl methyl sites for hydroxylation is 1. The number of nitrogens with zero attached hydrogens (tertiary/aromatic N) is 1. The van der Waals surface area contributed by atoms with Gasteiger partial charge < -0.3 is 5.73 Å². The molecule has 0 aliphatic rings. The Morgan fingerprint density at radius 1 is 1.32 bits per heavy atom. The lowest BCUT2D eigenvalue weighted by atomic mass is 10.0. The molecule has 2 nitrogen and oxygen atoms in total. The van der Waals surface area contributed by atoms with Gasteiger partial charge in [-0.1, -0.05) is 20.3 Å². The fourth-order valence-electron chi connectivity index (χ4n) is 2.59. The molecule has 0 saturated heterocycles. The average Bonchev–Trinajstić information content (AvgIpc) is 2.79. The first-order valence-corrected chi connectivity index (χ1v) is 8.46. The van der Waals surface area contributed by atoms with Crippen LogP contribution in [-0.2, 0) is 0 Å². The van der Waals surface area contributed by atoms with Gasteiger partial charge in [-0.3, -0.25) is 4.90 Å². The van der Waals surface area contributed by atoms with Crippen LogP contribution < -0.4 is 5.73 Å². The van der Waals surface area contributed by atoms with Gasteiger partial charge >= 0.3 is 0 Å². The third-order valence-corrected chi connectivity index (χ3v) is 5.04. The third kappa shape index (κ3) is 4.30. The van der Waals surface area contributed by atoms with Crippen LogP contribution in [0.15, 0.2) is 11.4 Å². The van der Waals surface area contributed by atoms with E-state index in [4.69, 9.17) is 5.73 Å². The van der Waals surface area contributed by atoms with Crippen molar-refractivity contribution in [2.75, 3.05) is 6.54 Å². The van der Waals surface area contributed by atoms with Crippen LogP contribution in [-0.4, -0.2) is 23.5 Å². The average molecular weight is 282 g/mol. The molecular weight excluding hydrogens is 252 g/mol. The van der Waals surface area contributed by atoms with E-state index in [1.54, 1.807) is 0 Å². The van der Waals surface area contributed by atoms with Gasteiger partial charge in [0.1, 0.15) is 0 Å². The van der Waals surface area contributed by atoms with Crippen LogP contribution in [0.5, 0.6) is 0 Å². The van der Waals surface area contributed by atoms with Crippen molar-refractivity contribution in [2.24, 2.45) is 5.73 Å². The molecule has 0 amide bonds. The molecule has 0 spiro atoms. The molecule has 0 bridgehead atoms. The molecule has 0 saturated carbocycles. The minimum Gasteiger partial charge on any atom is -0.326 e. The summed E-state index contributed by atoms with van der Waals surface area (Å²) in [5.74, 6) is 0. The Morgan fingerprint density at radius 3 is 2.42 bits per heavy atom. The van der Waals surface area contributed by atoms with E-state index in [0.29, 0.717) is 12.1 Å². The van der Waals surface area contributed by atoms with E-state index in [9.17, 15) is 0 Å². The molecule has 3 atom stereocenters. The standard InChI is InChI=1S/C16H30N2S/c1-6-8-10-18(13(4)7-2)15(14(5)17)16-12(3)9-11-19-16/h9,11,13-15H,6-8,10,17H2,1-5H3. The molecular formula is C16H30N2S. The SMILES string of the molecule is CCCCN(C(C)CC)C(c1sccc1C)C(C)N. The minimum atomic E-state index is 0.170.